The van der Waals surface area contributed by atoms with E-state index in [0.717, 1.165) is 5.56 Å². The Labute approximate surface area is 111 Å². The predicted octanol–water partition coefficient (Wildman–Crippen LogP) is 2.96. The van der Waals surface area contributed by atoms with Crippen molar-refractivity contribution in [3.8, 4) is 11.5 Å². The van der Waals surface area contributed by atoms with Gasteiger partial charge in [-0.1, -0.05) is 11.6 Å². The van der Waals surface area contributed by atoms with Gasteiger partial charge in [-0.3, -0.25) is 4.79 Å². The van der Waals surface area contributed by atoms with Crippen LogP contribution in [-0.4, -0.2) is 13.0 Å². The van der Waals surface area contributed by atoms with E-state index in [4.69, 9.17) is 10.5 Å². The second-order valence-corrected chi connectivity index (χ2v) is 4.69. The fourth-order valence-electron chi connectivity index (χ4n) is 2.19. The lowest BCUT2D eigenvalue weighted by atomic mass is 10.1. The van der Waals surface area contributed by atoms with E-state index in [1.165, 1.54) is 0 Å². The van der Waals surface area contributed by atoms with Gasteiger partial charge in [0.1, 0.15) is 5.75 Å². The van der Waals surface area contributed by atoms with Crippen LogP contribution >= 0.6 is 0 Å². The number of hydrogen-bond donors (Lipinski definition) is 1. The highest BCUT2D eigenvalue weighted by Crippen LogP contribution is 2.39. The van der Waals surface area contributed by atoms with Crippen molar-refractivity contribution in [2.45, 2.75) is 6.92 Å². The molecule has 0 aliphatic carbocycles. The molecule has 0 unspecified atom stereocenters. The van der Waals surface area contributed by atoms with Crippen molar-refractivity contribution in [2.75, 3.05) is 17.7 Å². The van der Waals surface area contributed by atoms with Crippen molar-refractivity contribution in [1.82, 2.24) is 0 Å². The van der Waals surface area contributed by atoms with Gasteiger partial charge < -0.3 is 15.4 Å². The number of ether oxygens (including phenoxy) is 1. The van der Waals surface area contributed by atoms with E-state index in [1.54, 1.807) is 30.1 Å². The summed E-state index contributed by atoms with van der Waals surface area (Å²) in [6.07, 6.45) is 0. The van der Waals surface area contributed by atoms with Crippen LogP contribution in [0.4, 0.5) is 11.4 Å². The number of aryl methyl sites for hydroxylation is 1. The smallest absolute Gasteiger partial charge is 0.261 e. The van der Waals surface area contributed by atoms with Gasteiger partial charge in [0.05, 0.1) is 11.3 Å². The first kappa shape index (κ1) is 11.6. The highest BCUT2D eigenvalue weighted by atomic mass is 16.5. The van der Waals surface area contributed by atoms with E-state index in [0.29, 0.717) is 28.4 Å². The van der Waals surface area contributed by atoms with Crippen LogP contribution in [0.5, 0.6) is 11.5 Å². The Hall–Kier alpha value is -2.49. The molecule has 96 valence electrons. The Morgan fingerprint density at radius 1 is 1.11 bits per heavy atom. The molecule has 1 aliphatic heterocycles. The zero-order chi connectivity index (χ0) is 13.6. The van der Waals surface area contributed by atoms with Crippen molar-refractivity contribution in [2.24, 2.45) is 0 Å². The molecule has 2 N–H and O–H groups in total. The second kappa shape index (κ2) is 4.02. The standard InChI is InChI=1S/C15H14N2O2/c1-9-3-5-13-11(7-9)15(18)17(2)12-8-10(16)4-6-14(12)19-13/h3-8H,16H2,1-2H3. The molecule has 19 heavy (non-hydrogen) atoms. The van der Waals surface area contributed by atoms with E-state index in [1.807, 2.05) is 25.1 Å². The summed E-state index contributed by atoms with van der Waals surface area (Å²) in [5.41, 5.74) is 8.65. The van der Waals surface area contributed by atoms with Gasteiger partial charge in [-0.05, 0) is 37.3 Å². The maximum Gasteiger partial charge on any atom is 0.261 e. The molecule has 0 aromatic heterocycles. The Morgan fingerprint density at radius 2 is 1.84 bits per heavy atom. The normalized spacial score (nSPS) is 13.4. The lowest BCUT2D eigenvalue weighted by Gasteiger charge is -2.16. The van der Waals surface area contributed by atoms with Crippen molar-refractivity contribution in [3.05, 3.63) is 47.5 Å². The van der Waals surface area contributed by atoms with Crippen LogP contribution < -0.4 is 15.4 Å². The van der Waals surface area contributed by atoms with Gasteiger partial charge in [0.15, 0.2) is 5.75 Å². The highest BCUT2D eigenvalue weighted by molar-refractivity contribution is 6.09. The maximum atomic E-state index is 12.5. The molecule has 0 spiro atoms. The number of carbonyl (C=O) groups is 1. The van der Waals surface area contributed by atoms with E-state index < -0.39 is 0 Å². The Balaban J connectivity index is 2.22. The summed E-state index contributed by atoms with van der Waals surface area (Å²) in [5.74, 6) is 1.11. The van der Waals surface area contributed by atoms with Crippen LogP contribution in [0.3, 0.4) is 0 Å². The van der Waals surface area contributed by atoms with Gasteiger partial charge in [-0.25, -0.2) is 0 Å². The molecular weight excluding hydrogens is 240 g/mol. The van der Waals surface area contributed by atoms with Crippen LogP contribution in [0.1, 0.15) is 15.9 Å². The lowest BCUT2D eigenvalue weighted by molar-refractivity contribution is 0.0993. The van der Waals surface area contributed by atoms with Gasteiger partial charge in [-0.2, -0.15) is 0 Å². The summed E-state index contributed by atoms with van der Waals surface area (Å²) in [7, 11) is 1.72. The van der Waals surface area contributed by atoms with Crippen molar-refractivity contribution >= 4 is 17.3 Å². The molecule has 0 saturated carbocycles. The molecule has 4 heteroatoms. The van der Waals surface area contributed by atoms with Gasteiger partial charge in [0.25, 0.3) is 5.91 Å². The predicted molar refractivity (Wildman–Crippen MR) is 74.8 cm³/mol. The molecule has 1 amide bonds. The van der Waals surface area contributed by atoms with E-state index in [9.17, 15) is 4.79 Å². The Kier molecular flexibility index (Phi) is 2.45. The molecule has 2 aromatic rings. The van der Waals surface area contributed by atoms with Crippen molar-refractivity contribution in [1.29, 1.82) is 0 Å². The average Bonchev–Trinajstić information content (AvgIpc) is 2.49. The molecule has 0 fully saturated rings. The van der Waals surface area contributed by atoms with Crippen LogP contribution in [0.25, 0.3) is 0 Å². The van der Waals surface area contributed by atoms with E-state index in [-0.39, 0.29) is 5.91 Å². The largest absolute Gasteiger partial charge is 0.454 e. The van der Waals surface area contributed by atoms with Gasteiger partial charge in [-0.15, -0.1) is 0 Å². The number of anilines is 2. The molecule has 3 rings (SSSR count). The molecule has 0 saturated heterocycles. The number of carbonyl (C=O) groups excluding carboxylic acids is 1. The summed E-state index contributed by atoms with van der Waals surface area (Å²) < 4.78 is 5.84. The molecule has 2 aromatic carbocycles. The molecule has 0 atom stereocenters. The van der Waals surface area contributed by atoms with E-state index >= 15 is 0 Å². The number of nitrogens with zero attached hydrogens (tertiary/aromatic N) is 1. The average molecular weight is 254 g/mol. The van der Waals surface area contributed by atoms with Crippen LogP contribution in [0.15, 0.2) is 36.4 Å². The summed E-state index contributed by atoms with van der Waals surface area (Å²) in [4.78, 5) is 14.0. The first-order valence-corrected chi connectivity index (χ1v) is 6.02. The third-order valence-electron chi connectivity index (χ3n) is 3.23. The first-order valence-electron chi connectivity index (χ1n) is 6.02. The van der Waals surface area contributed by atoms with Crippen molar-refractivity contribution < 1.29 is 9.53 Å². The SMILES string of the molecule is Cc1ccc2c(c1)C(=O)N(C)c1cc(N)ccc1O2. The minimum atomic E-state index is -0.0944. The molecule has 1 heterocycles. The van der Waals surface area contributed by atoms with Gasteiger partial charge >= 0.3 is 0 Å². The second-order valence-electron chi connectivity index (χ2n) is 4.69. The van der Waals surface area contributed by atoms with Crippen LogP contribution in [0.2, 0.25) is 0 Å². The number of nitrogens with two attached hydrogens (primary N) is 1. The fraction of sp³-hybridized carbons (Fsp3) is 0.133. The van der Waals surface area contributed by atoms with E-state index in [2.05, 4.69) is 0 Å². The fourth-order valence-corrected chi connectivity index (χ4v) is 2.19. The first-order chi connectivity index (χ1) is 9.06. The summed E-state index contributed by atoms with van der Waals surface area (Å²) in [6.45, 7) is 1.95. The number of nitrogen functional groups attached to an aromatic ring is 1. The number of amides is 1. The van der Waals surface area contributed by atoms with Crippen LogP contribution in [0, 0.1) is 6.92 Å². The number of rotatable bonds is 0. The maximum absolute atomic E-state index is 12.5. The third-order valence-corrected chi connectivity index (χ3v) is 3.23. The number of benzene rings is 2. The third kappa shape index (κ3) is 1.81. The van der Waals surface area contributed by atoms with Gasteiger partial charge in [0.2, 0.25) is 0 Å². The molecule has 1 aliphatic rings. The van der Waals surface area contributed by atoms with Gasteiger partial charge in [0, 0.05) is 12.7 Å². The topological polar surface area (TPSA) is 55.6 Å². The minimum absolute atomic E-state index is 0.0944. The lowest BCUT2D eigenvalue weighted by Crippen LogP contribution is -2.25. The molecule has 0 radical (unpaired) electrons. The highest BCUT2D eigenvalue weighted by Gasteiger charge is 2.25. The monoisotopic (exact) mass is 254 g/mol. The van der Waals surface area contributed by atoms with Crippen molar-refractivity contribution in [3.63, 3.8) is 0 Å². The molecule has 0 bridgehead atoms. The zero-order valence-electron chi connectivity index (χ0n) is 10.8. The molecular formula is C15H14N2O2. The number of fused-ring (bicyclic) bond motifs is 2. The summed E-state index contributed by atoms with van der Waals surface area (Å²) >= 11 is 0. The quantitative estimate of drug-likeness (QED) is 0.735. The Morgan fingerprint density at radius 3 is 2.63 bits per heavy atom. The van der Waals surface area contributed by atoms with Crippen LogP contribution in [-0.2, 0) is 0 Å². The Bertz CT molecular complexity index is 680. The zero-order valence-corrected chi connectivity index (χ0v) is 10.8. The molecule has 4 nitrogen and oxygen atoms in total. The summed E-state index contributed by atoms with van der Waals surface area (Å²) in [5, 5.41) is 0. The summed E-state index contributed by atoms with van der Waals surface area (Å²) in [6, 6.07) is 10.9. The number of hydrogen-bond acceptors (Lipinski definition) is 3. The minimum Gasteiger partial charge on any atom is -0.454 e.